The number of hydrogen-bond acceptors (Lipinski definition) is 4. The molecule has 3 aromatic carbocycles. The van der Waals surface area contributed by atoms with E-state index in [1.807, 2.05) is 0 Å². The molecule has 0 amide bonds. The molecule has 0 saturated carbocycles. The molecule has 168 valence electrons. The fourth-order valence-corrected chi connectivity index (χ4v) is 3.79. The van der Waals surface area contributed by atoms with Gasteiger partial charge in [0.05, 0.1) is 29.4 Å². The van der Waals surface area contributed by atoms with Crippen LogP contribution in [0.5, 0.6) is 5.75 Å². The number of halogens is 3. The van der Waals surface area contributed by atoms with Crippen molar-refractivity contribution in [2.45, 2.75) is 6.18 Å². The highest BCUT2D eigenvalue weighted by Gasteiger charge is 2.36. The zero-order valence-corrected chi connectivity index (χ0v) is 18.0. The normalized spacial score (nSPS) is 11.5. The van der Waals surface area contributed by atoms with Crippen molar-refractivity contribution < 1.29 is 17.9 Å². The number of pyridine rings is 1. The van der Waals surface area contributed by atoms with Gasteiger partial charge >= 0.3 is 6.18 Å². The highest BCUT2D eigenvalue weighted by atomic mass is 19.4. The first-order chi connectivity index (χ1) is 16.4. The molecule has 5 rings (SSSR count). The first kappa shape index (κ1) is 21.6. The van der Waals surface area contributed by atoms with Gasteiger partial charge in [0.25, 0.3) is 0 Å². The van der Waals surface area contributed by atoms with Gasteiger partial charge in [0, 0.05) is 16.7 Å². The molecule has 7 heteroatoms. The monoisotopic (exact) mass is 457 g/mol. The van der Waals surface area contributed by atoms with Gasteiger partial charge in [-0.2, -0.15) is 13.2 Å². The minimum Gasteiger partial charge on any atom is -0.497 e. The number of hydrogen-bond donors (Lipinski definition) is 0. The summed E-state index contributed by atoms with van der Waals surface area (Å²) < 4.78 is 48.2. The Labute approximate surface area is 193 Å². The molecule has 5 aromatic rings. The third-order valence-electron chi connectivity index (χ3n) is 5.44. The van der Waals surface area contributed by atoms with E-state index in [0.29, 0.717) is 22.4 Å². The maximum atomic E-state index is 14.3. The zero-order valence-electron chi connectivity index (χ0n) is 18.0. The van der Waals surface area contributed by atoms with E-state index < -0.39 is 11.7 Å². The fraction of sp³-hybridized carbons (Fsp3) is 0.0741. The quantitative estimate of drug-likeness (QED) is 0.290. The molecule has 4 nitrogen and oxygen atoms in total. The molecule has 0 aliphatic heterocycles. The van der Waals surface area contributed by atoms with E-state index >= 15 is 0 Å². The molecule has 34 heavy (non-hydrogen) atoms. The highest BCUT2D eigenvalue weighted by Crippen LogP contribution is 2.40. The molecule has 0 atom stereocenters. The first-order valence-electron chi connectivity index (χ1n) is 10.5. The van der Waals surface area contributed by atoms with Crippen molar-refractivity contribution >= 4 is 11.0 Å². The summed E-state index contributed by atoms with van der Waals surface area (Å²) in [5.41, 5.74) is 1.28. The van der Waals surface area contributed by atoms with Gasteiger partial charge in [0.2, 0.25) is 0 Å². The van der Waals surface area contributed by atoms with E-state index in [0.717, 1.165) is 6.07 Å². The summed E-state index contributed by atoms with van der Waals surface area (Å²) in [6.45, 7) is 0. The van der Waals surface area contributed by atoms with Crippen LogP contribution in [0.1, 0.15) is 5.56 Å². The SMILES string of the molecule is COc1ccc(-c2nc(-c3ccccc3)c3c(C(F)(F)F)cc(-c4ccccc4)nc3n2)cc1. The van der Waals surface area contributed by atoms with E-state index in [2.05, 4.69) is 15.0 Å². The molecule has 0 N–H and O–H groups in total. The number of benzene rings is 3. The van der Waals surface area contributed by atoms with E-state index in [4.69, 9.17) is 4.74 Å². The summed E-state index contributed by atoms with van der Waals surface area (Å²) in [5.74, 6) is 0.927. The topological polar surface area (TPSA) is 47.9 Å². The summed E-state index contributed by atoms with van der Waals surface area (Å²) >= 11 is 0. The minimum absolute atomic E-state index is 0.0200. The molecule has 0 aliphatic rings. The third-order valence-corrected chi connectivity index (χ3v) is 5.44. The molecule has 0 fully saturated rings. The van der Waals surface area contributed by atoms with Crippen LogP contribution in [0.15, 0.2) is 91.0 Å². The van der Waals surface area contributed by atoms with Crippen LogP contribution < -0.4 is 4.74 Å². The number of fused-ring (bicyclic) bond motifs is 1. The van der Waals surface area contributed by atoms with Crippen molar-refractivity contribution in [3.63, 3.8) is 0 Å². The summed E-state index contributed by atoms with van der Waals surface area (Å²) in [4.78, 5) is 13.6. The third kappa shape index (κ3) is 4.08. The number of aromatic nitrogens is 3. The lowest BCUT2D eigenvalue weighted by molar-refractivity contribution is -0.136. The molecule has 0 unspecified atom stereocenters. The van der Waals surface area contributed by atoms with Crippen LogP contribution in [0, 0.1) is 0 Å². The molecule has 0 bridgehead atoms. The second kappa shape index (κ2) is 8.59. The molecule has 0 radical (unpaired) electrons. The Morgan fingerprint density at radius 1 is 0.676 bits per heavy atom. The highest BCUT2D eigenvalue weighted by molar-refractivity contribution is 5.96. The number of nitrogens with zero attached hydrogens (tertiary/aromatic N) is 3. The molecule has 0 spiro atoms. The van der Waals surface area contributed by atoms with Crippen molar-refractivity contribution in [1.29, 1.82) is 0 Å². The molecule has 2 heterocycles. The van der Waals surface area contributed by atoms with Crippen LogP contribution in [-0.4, -0.2) is 22.1 Å². The maximum Gasteiger partial charge on any atom is 0.417 e. The summed E-state index contributed by atoms with van der Waals surface area (Å²) in [5, 5.41) is -0.129. The average molecular weight is 457 g/mol. The predicted molar refractivity (Wildman–Crippen MR) is 125 cm³/mol. The van der Waals surface area contributed by atoms with Gasteiger partial charge in [-0.15, -0.1) is 0 Å². The number of rotatable bonds is 4. The Hall–Kier alpha value is -4.26. The molecular formula is C27H18F3N3O. The van der Waals surface area contributed by atoms with Gasteiger partial charge in [0.15, 0.2) is 11.5 Å². The molecular weight excluding hydrogens is 439 g/mol. The second-order valence-corrected chi connectivity index (χ2v) is 7.61. The molecule has 0 saturated heterocycles. The van der Waals surface area contributed by atoms with E-state index in [1.54, 1.807) is 92.0 Å². The van der Waals surface area contributed by atoms with E-state index in [9.17, 15) is 13.2 Å². The van der Waals surface area contributed by atoms with E-state index in [1.165, 1.54) is 0 Å². The molecule has 0 aliphatic carbocycles. The van der Waals surface area contributed by atoms with E-state index in [-0.39, 0.29) is 28.2 Å². The summed E-state index contributed by atoms with van der Waals surface area (Å²) in [6, 6.07) is 25.6. The first-order valence-corrected chi connectivity index (χ1v) is 10.5. The summed E-state index contributed by atoms with van der Waals surface area (Å²) in [6.07, 6.45) is -4.63. The van der Waals surface area contributed by atoms with Gasteiger partial charge < -0.3 is 4.74 Å². The number of methoxy groups -OCH3 is 1. The lowest BCUT2D eigenvalue weighted by Gasteiger charge is -2.16. The van der Waals surface area contributed by atoms with Crippen molar-refractivity contribution in [1.82, 2.24) is 15.0 Å². The van der Waals surface area contributed by atoms with Gasteiger partial charge in [0.1, 0.15) is 5.75 Å². The standard InChI is InChI=1S/C27H18F3N3O/c1-34-20-14-12-19(13-15-20)25-32-24(18-10-6-3-7-11-18)23-21(27(28,29)30)16-22(31-26(23)33-25)17-8-4-2-5-9-17/h2-16H,1H3. The van der Waals surface area contributed by atoms with Crippen LogP contribution in [0.25, 0.3) is 44.9 Å². The number of alkyl halides is 3. The van der Waals surface area contributed by atoms with Gasteiger partial charge in [-0.3, -0.25) is 0 Å². The van der Waals surface area contributed by atoms with Gasteiger partial charge in [-0.1, -0.05) is 60.7 Å². The Kier molecular flexibility index (Phi) is 5.45. The smallest absolute Gasteiger partial charge is 0.417 e. The second-order valence-electron chi connectivity index (χ2n) is 7.61. The lowest BCUT2D eigenvalue weighted by atomic mass is 10.0. The van der Waals surface area contributed by atoms with Crippen molar-refractivity contribution in [3.05, 3.63) is 96.6 Å². The Bertz CT molecular complexity index is 1450. The Morgan fingerprint density at radius 3 is 1.88 bits per heavy atom. The predicted octanol–water partition coefficient (Wildman–Crippen LogP) is 7.05. The van der Waals surface area contributed by atoms with Crippen LogP contribution in [0.3, 0.4) is 0 Å². The summed E-state index contributed by atoms with van der Waals surface area (Å²) in [7, 11) is 1.56. The number of ether oxygens (including phenoxy) is 1. The van der Waals surface area contributed by atoms with Crippen molar-refractivity contribution in [2.24, 2.45) is 0 Å². The maximum absolute atomic E-state index is 14.3. The van der Waals surface area contributed by atoms with Crippen molar-refractivity contribution in [3.8, 4) is 39.7 Å². The lowest BCUT2D eigenvalue weighted by Crippen LogP contribution is -2.10. The van der Waals surface area contributed by atoms with Crippen molar-refractivity contribution in [2.75, 3.05) is 7.11 Å². The van der Waals surface area contributed by atoms with Crippen LogP contribution in [0.2, 0.25) is 0 Å². The van der Waals surface area contributed by atoms with Crippen LogP contribution in [-0.2, 0) is 6.18 Å². The van der Waals surface area contributed by atoms with Crippen LogP contribution in [0.4, 0.5) is 13.2 Å². The minimum atomic E-state index is -4.63. The van der Waals surface area contributed by atoms with Gasteiger partial charge in [-0.25, -0.2) is 15.0 Å². The average Bonchev–Trinajstić information content (AvgIpc) is 2.88. The van der Waals surface area contributed by atoms with Crippen LogP contribution >= 0.6 is 0 Å². The largest absolute Gasteiger partial charge is 0.497 e. The molecule has 2 aromatic heterocycles. The fourth-order valence-electron chi connectivity index (χ4n) is 3.79. The zero-order chi connectivity index (χ0) is 23.7. The van der Waals surface area contributed by atoms with Gasteiger partial charge in [-0.05, 0) is 30.3 Å². The Morgan fingerprint density at radius 2 is 1.29 bits per heavy atom. The Balaban J connectivity index is 1.86.